The molecule has 8 heteroatoms. The van der Waals surface area contributed by atoms with Gasteiger partial charge in [0.15, 0.2) is 0 Å². The molecule has 4 rings (SSSR count). The van der Waals surface area contributed by atoms with Crippen molar-refractivity contribution in [3.8, 4) is 0 Å². The Morgan fingerprint density at radius 3 is 2.37 bits per heavy atom. The number of benzene rings is 3. The molecule has 200 valence electrons. The number of rotatable bonds is 11. The number of amides is 2. The minimum atomic E-state index is -1.61. The second-order valence-corrected chi connectivity index (χ2v) is 10.8. The van der Waals surface area contributed by atoms with E-state index >= 15 is 0 Å². The molecule has 1 atom stereocenters. The largest absolute Gasteiger partial charge is 0.352 e. The Bertz CT molecular complexity index is 1310. The number of hydrogen-bond donors (Lipinski definition) is 1. The molecule has 3 aromatic rings. The quantitative estimate of drug-likeness (QED) is 0.334. The van der Waals surface area contributed by atoms with Crippen LogP contribution in [0.2, 0.25) is 0 Å². The molecule has 0 unspecified atom stereocenters. The van der Waals surface area contributed by atoms with Gasteiger partial charge >= 0.3 is 0 Å². The zero-order valence-electron chi connectivity index (χ0n) is 21.9. The number of carbonyl (C=O) groups is 2. The van der Waals surface area contributed by atoms with Crippen LogP contribution >= 0.6 is 0 Å². The molecule has 1 aliphatic heterocycles. The molecule has 0 aromatic heterocycles. The van der Waals surface area contributed by atoms with Gasteiger partial charge in [-0.05, 0) is 86.9 Å². The molecular weight excluding hydrogens is 501 g/mol. The third-order valence-electron chi connectivity index (χ3n) is 6.54. The Morgan fingerprint density at radius 2 is 1.66 bits per heavy atom. The van der Waals surface area contributed by atoms with Crippen molar-refractivity contribution < 1.29 is 18.2 Å². The normalized spacial score (nSPS) is 14.7. The Hall–Kier alpha value is -3.36. The molecular formula is C30H34FN3O3S. The maximum atomic E-state index is 13.7. The van der Waals surface area contributed by atoms with Crippen LogP contribution in [0.3, 0.4) is 0 Å². The van der Waals surface area contributed by atoms with Gasteiger partial charge in [0, 0.05) is 12.1 Å². The molecule has 0 bridgehead atoms. The van der Waals surface area contributed by atoms with Crippen molar-refractivity contribution in [2.24, 2.45) is 0 Å². The number of anilines is 1. The molecule has 0 saturated carbocycles. The summed E-state index contributed by atoms with van der Waals surface area (Å²) in [6, 6.07) is 17.7. The fourth-order valence-electron chi connectivity index (χ4n) is 4.71. The summed E-state index contributed by atoms with van der Waals surface area (Å²) >= 11 is 0. The first kappa shape index (κ1) is 27.7. The lowest BCUT2D eigenvalue weighted by atomic mass is 10.1. The number of carbonyl (C=O) groups excluding carboxylic acids is 2. The summed E-state index contributed by atoms with van der Waals surface area (Å²) < 4.78 is 27.1. The van der Waals surface area contributed by atoms with Crippen LogP contribution < -0.4 is 10.2 Å². The van der Waals surface area contributed by atoms with E-state index in [-0.39, 0.29) is 24.2 Å². The number of halogens is 1. The maximum Gasteiger partial charge on any atom is 0.259 e. The predicted octanol–water partition coefficient (Wildman–Crippen LogP) is 5.39. The van der Waals surface area contributed by atoms with E-state index < -0.39 is 10.8 Å². The fourth-order valence-corrected chi connectivity index (χ4v) is 6.05. The summed E-state index contributed by atoms with van der Waals surface area (Å²) in [5.41, 5.74) is 1.87. The van der Waals surface area contributed by atoms with Crippen LogP contribution in [0.4, 0.5) is 10.1 Å². The predicted molar refractivity (Wildman–Crippen MR) is 148 cm³/mol. The van der Waals surface area contributed by atoms with Gasteiger partial charge in [-0.15, -0.1) is 0 Å². The molecule has 1 heterocycles. The molecule has 0 fully saturated rings. The summed E-state index contributed by atoms with van der Waals surface area (Å²) in [4.78, 5) is 31.6. The van der Waals surface area contributed by atoms with Gasteiger partial charge in [-0.2, -0.15) is 0 Å². The number of nitrogens with one attached hydrogen (secondary N) is 1. The molecule has 1 aliphatic rings. The third-order valence-corrected chi connectivity index (χ3v) is 8.04. The summed E-state index contributed by atoms with van der Waals surface area (Å²) in [6.07, 6.45) is 3.03. The van der Waals surface area contributed by atoms with E-state index in [1.807, 2.05) is 0 Å². The lowest BCUT2D eigenvalue weighted by Gasteiger charge is -2.24. The summed E-state index contributed by atoms with van der Waals surface area (Å²) in [6.45, 7) is 8.02. The highest BCUT2D eigenvalue weighted by Crippen LogP contribution is 2.36. The van der Waals surface area contributed by atoms with E-state index in [2.05, 4.69) is 24.1 Å². The molecule has 0 radical (unpaired) electrons. The molecule has 1 N–H and O–H groups in total. The summed E-state index contributed by atoms with van der Waals surface area (Å²) in [5, 5.41) is 2.98. The highest BCUT2D eigenvalue weighted by atomic mass is 32.2. The average Bonchev–Trinajstić information content (AvgIpc) is 3.01. The lowest BCUT2D eigenvalue weighted by Crippen LogP contribution is -2.32. The molecule has 3 aromatic carbocycles. The minimum Gasteiger partial charge on any atom is -0.352 e. The van der Waals surface area contributed by atoms with Gasteiger partial charge in [0.2, 0.25) is 0 Å². The van der Waals surface area contributed by atoms with Gasteiger partial charge in [0.1, 0.15) is 5.82 Å². The number of hydrogen-bond acceptors (Lipinski definition) is 4. The molecule has 0 aliphatic carbocycles. The Balaban J connectivity index is 1.59. The molecule has 2 amide bonds. The lowest BCUT2D eigenvalue weighted by molar-refractivity contribution is 0.0948. The average molecular weight is 536 g/mol. The SMILES string of the molecule is CCCN(CCC)CCCNC(=O)c1ccc2c(c1)N(Cc1ccc(F)cc1)C(=O)c1ccccc1[S@@]2=O. The second-order valence-electron chi connectivity index (χ2n) is 9.42. The van der Waals surface area contributed by atoms with Crippen LogP contribution in [0.25, 0.3) is 0 Å². The summed E-state index contributed by atoms with van der Waals surface area (Å²) in [5.74, 6) is -0.928. The number of nitrogens with zero attached hydrogens (tertiary/aromatic N) is 2. The monoisotopic (exact) mass is 535 g/mol. The highest BCUT2D eigenvalue weighted by molar-refractivity contribution is 7.85. The van der Waals surface area contributed by atoms with Crippen LogP contribution in [0.15, 0.2) is 76.5 Å². The Kier molecular flexibility index (Phi) is 9.42. The first-order chi connectivity index (χ1) is 18.4. The first-order valence-corrected chi connectivity index (χ1v) is 14.3. The van der Waals surface area contributed by atoms with Crippen molar-refractivity contribution in [2.75, 3.05) is 31.1 Å². The van der Waals surface area contributed by atoms with E-state index in [9.17, 15) is 18.2 Å². The van der Waals surface area contributed by atoms with E-state index in [1.165, 1.54) is 17.0 Å². The minimum absolute atomic E-state index is 0.146. The smallest absolute Gasteiger partial charge is 0.259 e. The van der Waals surface area contributed by atoms with Crippen LogP contribution in [-0.2, 0) is 17.3 Å². The van der Waals surface area contributed by atoms with Crippen molar-refractivity contribution in [1.29, 1.82) is 0 Å². The van der Waals surface area contributed by atoms with E-state index in [0.717, 1.165) is 44.5 Å². The molecule has 0 saturated heterocycles. The van der Waals surface area contributed by atoms with Gasteiger partial charge in [-0.3, -0.25) is 9.59 Å². The molecule has 38 heavy (non-hydrogen) atoms. The summed E-state index contributed by atoms with van der Waals surface area (Å²) in [7, 11) is -1.61. The molecule has 6 nitrogen and oxygen atoms in total. The fraction of sp³-hybridized carbons (Fsp3) is 0.333. The van der Waals surface area contributed by atoms with Crippen molar-refractivity contribution in [3.63, 3.8) is 0 Å². The highest BCUT2D eigenvalue weighted by Gasteiger charge is 2.31. The van der Waals surface area contributed by atoms with Crippen molar-refractivity contribution in [2.45, 2.75) is 49.4 Å². The van der Waals surface area contributed by atoms with Crippen molar-refractivity contribution in [3.05, 3.63) is 89.2 Å². The number of fused-ring (bicyclic) bond motifs is 2. The van der Waals surface area contributed by atoms with Crippen LogP contribution in [0.1, 0.15) is 59.4 Å². The Morgan fingerprint density at radius 1 is 0.947 bits per heavy atom. The molecule has 0 spiro atoms. The standard InChI is InChI=1S/C30H34FN3O3S/c1-3-17-33(18-4-2)19-7-16-32-29(35)23-12-15-28-26(20-23)34(21-22-10-13-24(31)14-11-22)30(36)25-8-5-6-9-27(25)38(28)37/h5-6,8-15,20H,3-4,7,16-19,21H2,1-2H3,(H,32,35)/t38-/m0/s1. The Labute approximate surface area is 226 Å². The van der Waals surface area contributed by atoms with Crippen LogP contribution in [0, 0.1) is 5.82 Å². The van der Waals surface area contributed by atoms with Gasteiger partial charge in [0.05, 0.1) is 38.4 Å². The maximum absolute atomic E-state index is 13.7. The van der Waals surface area contributed by atoms with Gasteiger partial charge < -0.3 is 15.1 Å². The third kappa shape index (κ3) is 6.37. The van der Waals surface area contributed by atoms with Crippen molar-refractivity contribution in [1.82, 2.24) is 10.2 Å². The second kappa shape index (κ2) is 12.9. The van der Waals surface area contributed by atoms with Crippen LogP contribution in [-0.4, -0.2) is 47.1 Å². The van der Waals surface area contributed by atoms with E-state index in [4.69, 9.17) is 0 Å². The zero-order valence-corrected chi connectivity index (χ0v) is 22.7. The zero-order chi connectivity index (χ0) is 27.1. The first-order valence-electron chi connectivity index (χ1n) is 13.1. The van der Waals surface area contributed by atoms with Gasteiger partial charge in [-0.1, -0.05) is 38.1 Å². The van der Waals surface area contributed by atoms with Gasteiger partial charge in [-0.25, -0.2) is 8.60 Å². The topological polar surface area (TPSA) is 69.7 Å². The van der Waals surface area contributed by atoms with E-state index in [0.29, 0.717) is 33.2 Å². The van der Waals surface area contributed by atoms with Gasteiger partial charge in [0.25, 0.3) is 11.8 Å². The van der Waals surface area contributed by atoms with Crippen LogP contribution in [0.5, 0.6) is 0 Å². The van der Waals surface area contributed by atoms with Crippen molar-refractivity contribution >= 4 is 28.3 Å². The van der Waals surface area contributed by atoms with E-state index in [1.54, 1.807) is 54.6 Å².